The van der Waals surface area contributed by atoms with E-state index in [1.54, 1.807) is 6.92 Å². The van der Waals surface area contributed by atoms with Gasteiger partial charge in [0.1, 0.15) is 17.6 Å². The lowest BCUT2D eigenvalue weighted by molar-refractivity contribution is -0.433. The van der Waals surface area contributed by atoms with Gasteiger partial charge in [0, 0.05) is 0 Å². The molecule has 1 N–H and O–H groups in total. The Bertz CT molecular complexity index is 358. The van der Waals surface area contributed by atoms with E-state index in [1.165, 1.54) is 0 Å². The van der Waals surface area contributed by atoms with E-state index in [9.17, 15) is 18.4 Å². The van der Waals surface area contributed by atoms with Crippen molar-refractivity contribution in [2.75, 3.05) is 6.61 Å². The lowest BCUT2D eigenvalue weighted by Crippen LogP contribution is -2.33. The third-order valence-corrected chi connectivity index (χ3v) is 3.25. The molecular formula is C10H14F2O7S. The van der Waals surface area contributed by atoms with E-state index in [1.807, 2.05) is 0 Å². The molecule has 1 saturated carbocycles. The van der Waals surface area contributed by atoms with E-state index < -0.39 is 41.4 Å². The van der Waals surface area contributed by atoms with Crippen molar-refractivity contribution in [3.05, 3.63) is 0 Å². The van der Waals surface area contributed by atoms with Gasteiger partial charge < -0.3 is 9.47 Å². The maximum atomic E-state index is 13.0. The monoisotopic (exact) mass is 316 g/mol. The van der Waals surface area contributed by atoms with Crippen LogP contribution in [-0.4, -0.2) is 34.7 Å². The van der Waals surface area contributed by atoms with Gasteiger partial charge in [0.15, 0.2) is 6.61 Å². The smallest absolute Gasteiger partial charge is 0.415 e. The zero-order valence-electron chi connectivity index (χ0n) is 10.6. The first-order valence-corrected chi connectivity index (χ1v) is 6.46. The number of hydrogen-bond donors (Lipinski definition) is 1. The molecule has 1 aliphatic rings. The van der Waals surface area contributed by atoms with Gasteiger partial charge in [0.2, 0.25) is 0 Å². The first kappa shape index (κ1) is 17.1. The summed E-state index contributed by atoms with van der Waals surface area (Å²) in [5, 5.41) is 6.53. The summed E-state index contributed by atoms with van der Waals surface area (Å²) in [6.07, 6.45) is 3.19. The van der Waals surface area contributed by atoms with Crippen LogP contribution in [0.2, 0.25) is 0 Å². The number of carbonyl (C=O) groups is 2. The van der Waals surface area contributed by atoms with E-state index in [4.69, 9.17) is 9.99 Å². The van der Waals surface area contributed by atoms with Crippen LogP contribution in [0.15, 0.2) is 0 Å². The molecule has 10 heteroatoms. The molecule has 0 aromatic rings. The van der Waals surface area contributed by atoms with Gasteiger partial charge in [-0.3, -0.25) is 0 Å². The maximum absolute atomic E-state index is 13.0. The number of carbonyl (C=O) groups excluding carboxylic acids is 2. The highest BCUT2D eigenvalue weighted by Gasteiger charge is 2.44. The minimum atomic E-state index is -4.12. The minimum absolute atomic E-state index is 0.630. The molecule has 20 heavy (non-hydrogen) atoms. The zero-order chi connectivity index (χ0) is 15.2. The van der Waals surface area contributed by atoms with Crippen LogP contribution in [0.1, 0.15) is 32.6 Å². The summed E-state index contributed by atoms with van der Waals surface area (Å²) in [5.41, 5.74) is -0.630. The van der Waals surface area contributed by atoms with Crippen LogP contribution >= 0.6 is 12.0 Å². The fourth-order valence-electron chi connectivity index (χ4n) is 1.83. The Morgan fingerprint density at radius 2 is 1.95 bits per heavy atom. The number of rotatable bonds is 7. The van der Waals surface area contributed by atoms with Crippen molar-refractivity contribution >= 4 is 24.0 Å². The van der Waals surface area contributed by atoms with E-state index in [0.717, 1.165) is 12.8 Å². The summed E-state index contributed by atoms with van der Waals surface area (Å²) >= 11 is -0.762. The number of halogens is 2. The molecule has 0 heterocycles. The van der Waals surface area contributed by atoms with Gasteiger partial charge in [-0.05, 0) is 32.6 Å². The molecule has 0 spiro atoms. The molecule has 0 unspecified atom stereocenters. The molecule has 0 aliphatic heterocycles. The molecule has 1 aliphatic carbocycles. The van der Waals surface area contributed by atoms with Gasteiger partial charge >= 0.3 is 17.2 Å². The van der Waals surface area contributed by atoms with Crippen molar-refractivity contribution in [3.63, 3.8) is 0 Å². The Morgan fingerprint density at radius 3 is 2.50 bits per heavy atom. The molecule has 1 fully saturated rings. The summed E-state index contributed by atoms with van der Waals surface area (Å²) < 4.78 is 38.6. The van der Waals surface area contributed by atoms with Crippen molar-refractivity contribution < 1.29 is 42.5 Å². The lowest BCUT2D eigenvalue weighted by atomic mass is 10.1. The third kappa shape index (κ3) is 5.19. The van der Waals surface area contributed by atoms with Crippen LogP contribution < -0.4 is 0 Å². The standard InChI is InChI=1S/C10H14F2O7S/c1-9(4-2-3-5-9)17-7(13)6-16-8(14)10(11,12)20-19-18-15/h15H,2-6H2,1H3. The van der Waals surface area contributed by atoms with Crippen LogP contribution in [0.4, 0.5) is 8.78 Å². The average molecular weight is 316 g/mol. The SMILES string of the molecule is CC1(OC(=O)COC(=O)C(F)(F)SOOO)CCCC1. The van der Waals surface area contributed by atoms with Crippen LogP contribution in [0.3, 0.4) is 0 Å². The summed E-state index contributed by atoms with van der Waals surface area (Å²) in [7, 11) is 0. The first-order valence-electron chi connectivity index (χ1n) is 5.72. The molecule has 7 nitrogen and oxygen atoms in total. The van der Waals surface area contributed by atoms with Crippen molar-refractivity contribution in [2.24, 2.45) is 0 Å². The van der Waals surface area contributed by atoms with Crippen molar-refractivity contribution in [3.8, 4) is 0 Å². The van der Waals surface area contributed by atoms with Gasteiger partial charge in [-0.15, -0.1) is 4.33 Å². The second-order valence-corrected chi connectivity index (χ2v) is 5.27. The van der Waals surface area contributed by atoms with Crippen LogP contribution in [0, 0.1) is 0 Å². The van der Waals surface area contributed by atoms with E-state index in [-0.39, 0.29) is 0 Å². The number of hydrogen-bond acceptors (Lipinski definition) is 8. The summed E-state index contributed by atoms with van der Waals surface area (Å²) in [6, 6.07) is 0. The third-order valence-electron chi connectivity index (χ3n) is 2.75. The van der Waals surface area contributed by atoms with Crippen molar-refractivity contribution in [1.82, 2.24) is 0 Å². The summed E-state index contributed by atoms with van der Waals surface area (Å²) in [6.45, 7) is 0.807. The average Bonchev–Trinajstić information content (AvgIpc) is 2.79. The highest BCUT2D eigenvalue weighted by molar-refractivity contribution is 7.96. The molecule has 0 aromatic heterocycles. The highest BCUT2D eigenvalue weighted by atomic mass is 32.2. The molecule has 0 atom stereocenters. The number of ether oxygens (including phenoxy) is 2. The van der Waals surface area contributed by atoms with Crippen LogP contribution in [0.5, 0.6) is 0 Å². The van der Waals surface area contributed by atoms with Crippen molar-refractivity contribution in [1.29, 1.82) is 0 Å². The van der Waals surface area contributed by atoms with E-state index >= 15 is 0 Å². The molecule has 0 aromatic carbocycles. The molecule has 116 valence electrons. The van der Waals surface area contributed by atoms with E-state index in [2.05, 4.69) is 14.1 Å². The van der Waals surface area contributed by atoms with E-state index in [0.29, 0.717) is 12.8 Å². The Hall–Kier alpha value is -0.970. The predicted molar refractivity (Wildman–Crippen MR) is 61.3 cm³/mol. The first-order chi connectivity index (χ1) is 9.29. The summed E-state index contributed by atoms with van der Waals surface area (Å²) in [5.74, 6) is -2.91. The quantitative estimate of drug-likeness (QED) is 0.330. The number of esters is 2. The van der Waals surface area contributed by atoms with Gasteiger partial charge in [-0.2, -0.15) is 8.78 Å². The van der Waals surface area contributed by atoms with Crippen molar-refractivity contribution in [2.45, 2.75) is 43.5 Å². The van der Waals surface area contributed by atoms with Gasteiger partial charge in [0.05, 0.1) is 0 Å². The topological polar surface area (TPSA) is 91.3 Å². The molecule has 0 radical (unpaired) electrons. The predicted octanol–water partition coefficient (Wildman–Crippen LogP) is 2.07. The Labute approximate surface area is 117 Å². The minimum Gasteiger partial charge on any atom is -0.457 e. The maximum Gasteiger partial charge on any atom is 0.415 e. The van der Waals surface area contributed by atoms with Gasteiger partial charge in [-0.1, -0.05) is 5.04 Å². The number of alkyl halides is 2. The van der Waals surface area contributed by atoms with Crippen LogP contribution in [0.25, 0.3) is 0 Å². The second-order valence-electron chi connectivity index (χ2n) is 4.45. The fourth-order valence-corrected chi connectivity index (χ4v) is 2.07. The zero-order valence-corrected chi connectivity index (χ0v) is 11.4. The summed E-state index contributed by atoms with van der Waals surface area (Å²) in [4.78, 5) is 22.4. The normalized spacial score (nSPS) is 17.8. The molecule has 1 rings (SSSR count). The molecule has 0 saturated heterocycles. The highest BCUT2D eigenvalue weighted by Crippen LogP contribution is 2.33. The van der Waals surface area contributed by atoms with Gasteiger partial charge in [0.25, 0.3) is 0 Å². The Kier molecular flexibility index (Phi) is 6.11. The Balaban J connectivity index is 2.34. The molecule has 0 amide bonds. The van der Waals surface area contributed by atoms with Gasteiger partial charge in [-0.25, -0.2) is 14.8 Å². The van der Waals surface area contributed by atoms with Crippen LogP contribution in [-0.2, 0) is 28.4 Å². The lowest BCUT2D eigenvalue weighted by Gasteiger charge is -2.24. The fraction of sp³-hybridized carbons (Fsp3) is 0.800. The Morgan fingerprint density at radius 1 is 1.35 bits per heavy atom. The largest absolute Gasteiger partial charge is 0.457 e. The molecule has 0 bridgehead atoms. The molecular weight excluding hydrogens is 302 g/mol. The second kappa shape index (κ2) is 7.16.